The zero-order valence-corrected chi connectivity index (χ0v) is 12.5. The van der Waals surface area contributed by atoms with Gasteiger partial charge in [0.1, 0.15) is 0 Å². The lowest BCUT2D eigenvalue weighted by molar-refractivity contribution is -0.184. The molecule has 0 aromatic carbocycles. The van der Waals surface area contributed by atoms with E-state index in [1.165, 1.54) is 5.75 Å². The van der Waals surface area contributed by atoms with Gasteiger partial charge in [-0.05, 0) is 36.9 Å². The van der Waals surface area contributed by atoms with Gasteiger partial charge in [0.05, 0.1) is 5.92 Å². The summed E-state index contributed by atoms with van der Waals surface area (Å²) in [7, 11) is 0. The van der Waals surface area contributed by atoms with Crippen molar-refractivity contribution in [3.8, 4) is 0 Å². The Morgan fingerprint density at radius 3 is 2.58 bits per heavy atom. The first-order valence-electron chi connectivity index (χ1n) is 7.19. The van der Waals surface area contributed by atoms with Crippen LogP contribution in [0.3, 0.4) is 0 Å². The number of rotatable bonds is 2. The van der Waals surface area contributed by atoms with Crippen LogP contribution in [0.2, 0.25) is 0 Å². The molecule has 0 bridgehead atoms. The molecule has 2 aliphatic rings. The minimum Gasteiger partial charge on any atom is -0.310 e. The Labute approximate surface area is 118 Å². The van der Waals surface area contributed by atoms with E-state index in [9.17, 15) is 13.2 Å². The van der Waals surface area contributed by atoms with E-state index < -0.39 is 12.1 Å². The number of thioether (sulfide) groups is 1. The van der Waals surface area contributed by atoms with E-state index >= 15 is 0 Å². The van der Waals surface area contributed by atoms with E-state index in [1.807, 2.05) is 11.8 Å². The van der Waals surface area contributed by atoms with Crippen molar-refractivity contribution in [3.63, 3.8) is 0 Å². The number of hydrogen-bond acceptors (Lipinski definition) is 2. The molecule has 1 aliphatic carbocycles. The van der Waals surface area contributed by atoms with Crippen molar-refractivity contribution in [2.75, 3.05) is 11.5 Å². The van der Waals surface area contributed by atoms with Crippen molar-refractivity contribution < 1.29 is 13.2 Å². The van der Waals surface area contributed by atoms with Crippen LogP contribution < -0.4 is 5.32 Å². The maximum atomic E-state index is 12.8. The lowest BCUT2D eigenvalue weighted by Gasteiger charge is -2.42. The summed E-state index contributed by atoms with van der Waals surface area (Å²) in [6, 6.07) is 0.395. The summed E-state index contributed by atoms with van der Waals surface area (Å²) in [5.74, 6) is 1.10. The highest BCUT2D eigenvalue weighted by molar-refractivity contribution is 7.99. The highest BCUT2D eigenvalue weighted by Crippen LogP contribution is 2.39. The summed E-state index contributed by atoms with van der Waals surface area (Å²) in [4.78, 5) is 0. The van der Waals surface area contributed by atoms with E-state index in [-0.39, 0.29) is 17.9 Å². The predicted molar refractivity (Wildman–Crippen MR) is 74.4 cm³/mol. The van der Waals surface area contributed by atoms with Crippen LogP contribution in [0, 0.1) is 11.3 Å². The standard InChI is InChI=1S/C14H24F3NS/c1-13(2)6-7-19-9-12(13)18-11-5-3-4-10(8-11)14(15,16)17/h10-12,18H,3-9H2,1-2H3. The molecule has 19 heavy (non-hydrogen) atoms. The van der Waals surface area contributed by atoms with Gasteiger partial charge in [-0.2, -0.15) is 24.9 Å². The molecule has 1 N–H and O–H groups in total. The lowest BCUT2D eigenvalue weighted by atomic mass is 9.80. The molecular weight excluding hydrogens is 271 g/mol. The lowest BCUT2D eigenvalue weighted by Crippen LogP contribution is -2.52. The van der Waals surface area contributed by atoms with Crippen molar-refractivity contribution in [1.82, 2.24) is 5.32 Å². The molecule has 1 aliphatic heterocycles. The molecule has 0 aromatic heterocycles. The van der Waals surface area contributed by atoms with Crippen LogP contribution in [0.25, 0.3) is 0 Å². The third-order valence-electron chi connectivity index (χ3n) is 4.69. The molecule has 5 heteroatoms. The molecule has 1 saturated carbocycles. The second kappa shape index (κ2) is 5.84. The fourth-order valence-electron chi connectivity index (χ4n) is 3.13. The normalized spacial score (nSPS) is 36.2. The topological polar surface area (TPSA) is 12.0 Å². The average molecular weight is 295 g/mol. The van der Waals surface area contributed by atoms with Gasteiger partial charge in [0.2, 0.25) is 0 Å². The van der Waals surface area contributed by atoms with Crippen molar-refractivity contribution in [3.05, 3.63) is 0 Å². The average Bonchev–Trinajstić information content (AvgIpc) is 2.31. The second-order valence-corrected chi connectivity index (χ2v) is 7.78. The summed E-state index contributed by atoms with van der Waals surface area (Å²) < 4.78 is 38.4. The number of hydrogen-bond donors (Lipinski definition) is 1. The third-order valence-corrected chi connectivity index (χ3v) is 5.75. The molecule has 3 unspecified atom stereocenters. The Bertz CT molecular complexity index is 304. The highest BCUT2D eigenvalue weighted by atomic mass is 32.2. The van der Waals surface area contributed by atoms with Gasteiger partial charge in [-0.15, -0.1) is 0 Å². The van der Waals surface area contributed by atoms with E-state index in [0.29, 0.717) is 18.9 Å². The Kier molecular flexibility index (Phi) is 4.76. The minimum absolute atomic E-state index is 0.0448. The Balaban J connectivity index is 1.91. The molecule has 2 fully saturated rings. The molecule has 0 aromatic rings. The summed E-state index contributed by atoms with van der Waals surface area (Å²) in [5.41, 5.74) is 0.205. The zero-order chi connectivity index (χ0) is 14.1. The molecule has 0 spiro atoms. The predicted octanol–water partition coefficient (Wildman–Crippen LogP) is 4.23. The molecule has 0 radical (unpaired) electrons. The van der Waals surface area contributed by atoms with Gasteiger partial charge < -0.3 is 5.32 Å². The van der Waals surface area contributed by atoms with Crippen LogP contribution in [0.1, 0.15) is 46.0 Å². The van der Waals surface area contributed by atoms with Crippen molar-refractivity contribution >= 4 is 11.8 Å². The number of nitrogens with one attached hydrogen (secondary N) is 1. The highest BCUT2D eigenvalue weighted by Gasteiger charge is 2.43. The number of alkyl halides is 3. The summed E-state index contributed by atoms with van der Waals surface area (Å²) in [6.07, 6.45) is -0.709. The molecule has 1 heterocycles. The molecule has 1 saturated heterocycles. The molecule has 3 atom stereocenters. The van der Waals surface area contributed by atoms with E-state index in [0.717, 1.165) is 18.6 Å². The van der Waals surface area contributed by atoms with Gasteiger partial charge in [0, 0.05) is 17.8 Å². The Morgan fingerprint density at radius 2 is 1.95 bits per heavy atom. The molecule has 2 rings (SSSR count). The first kappa shape index (κ1) is 15.5. The van der Waals surface area contributed by atoms with E-state index in [1.54, 1.807) is 0 Å². The van der Waals surface area contributed by atoms with E-state index in [4.69, 9.17) is 0 Å². The Morgan fingerprint density at radius 1 is 1.21 bits per heavy atom. The molecule has 0 amide bonds. The van der Waals surface area contributed by atoms with Crippen LogP contribution >= 0.6 is 11.8 Å². The second-order valence-electron chi connectivity index (χ2n) is 6.63. The van der Waals surface area contributed by atoms with Crippen molar-refractivity contribution in [2.45, 2.75) is 64.2 Å². The quantitative estimate of drug-likeness (QED) is 0.818. The van der Waals surface area contributed by atoms with Crippen molar-refractivity contribution in [2.24, 2.45) is 11.3 Å². The van der Waals surface area contributed by atoms with Gasteiger partial charge in [0.25, 0.3) is 0 Å². The zero-order valence-electron chi connectivity index (χ0n) is 11.7. The van der Waals surface area contributed by atoms with Crippen LogP contribution in [0.15, 0.2) is 0 Å². The molecule has 112 valence electrons. The van der Waals surface area contributed by atoms with Crippen LogP contribution in [-0.4, -0.2) is 29.8 Å². The largest absolute Gasteiger partial charge is 0.391 e. The van der Waals surface area contributed by atoms with Gasteiger partial charge >= 0.3 is 6.18 Å². The Hall–Kier alpha value is 0.100. The maximum absolute atomic E-state index is 12.8. The number of halogens is 3. The minimum atomic E-state index is -4.02. The van der Waals surface area contributed by atoms with Gasteiger partial charge in [-0.25, -0.2) is 0 Å². The summed E-state index contributed by atoms with van der Waals surface area (Å²) in [6.45, 7) is 4.46. The fourth-order valence-corrected chi connectivity index (χ4v) is 4.75. The smallest absolute Gasteiger partial charge is 0.310 e. The van der Waals surface area contributed by atoms with Gasteiger partial charge in [-0.1, -0.05) is 20.3 Å². The third kappa shape index (κ3) is 4.03. The van der Waals surface area contributed by atoms with Crippen LogP contribution in [-0.2, 0) is 0 Å². The van der Waals surface area contributed by atoms with Gasteiger partial charge in [-0.3, -0.25) is 0 Å². The maximum Gasteiger partial charge on any atom is 0.391 e. The monoisotopic (exact) mass is 295 g/mol. The van der Waals surface area contributed by atoms with Crippen LogP contribution in [0.4, 0.5) is 13.2 Å². The van der Waals surface area contributed by atoms with Crippen molar-refractivity contribution in [1.29, 1.82) is 0 Å². The molecular formula is C14H24F3NS. The van der Waals surface area contributed by atoms with E-state index in [2.05, 4.69) is 19.2 Å². The fraction of sp³-hybridized carbons (Fsp3) is 1.00. The summed E-state index contributed by atoms with van der Waals surface area (Å²) >= 11 is 1.92. The molecule has 1 nitrogen and oxygen atoms in total. The van der Waals surface area contributed by atoms with Gasteiger partial charge in [0.15, 0.2) is 0 Å². The first-order valence-corrected chi connectivity index (χ1v) is 8.35. The first-order chi connectivity index (χ1) is 8.79. The SMILES string of the molecule is CC1(C)CCSCC1NC1CCCC(C(F)(F)F)C1. The van der Waals surface area contributed by atoms with Crippen LogP contribution in [0.5, 0.6) is 0 Å². The summed E-state index contributed by atoms with van der Waals surface area (Å²) in [5, 5.41) is 3.53.